The summed E-state index contributed by atoms with van der Waals surface area (Å²) in [6.45, 7) is 6.27. The van der Waals surface area contributed by atoms with Gasteiger partial charge in [0, 0.05) is 6.54 Å². The molecule has 1 rings (SSSR count). The van der Waals surface area contributed by atoms with Crippen LogP contribution in [0.2, 0.25) is 0 Å². The fourth-order valence-electron chi connectivity index (χ4n) is 1.97. The maximum atomic E-state index is 12.4. The number of carbonyl (C=O) groups excluding carboxylic acids is 2. The first-order valence-electron chi connectivity index (χ1n) is 6.70. The largest absolute Gasteiger partial charge is 0.368 e. The van der Waals surface area contributed by atoms with Gasteiger partial charge >= 0.3 is 0 Å². The Morgan fingerprint density at radius 1 is 1.20 bits per heavy atom. The molecule has 2 amide bonds. The maximum Gasteiger partial charge on any atom is 0.244 e. The van der Waals surface area contributed by atoms with Gasteiger partial charge in [0.05, 0.1) is 6.54 Å². The average molecular weight is 277 g/mol. The van der Waals surface area contributed by atoms with E-state index >= 15 is 0 Å². The molecule has 0 fully saturated rings. The van der Waals surface area contributed by atoms with Gasteiger partial charge in [0.25, 0.3) is 0 Å². The number of benzene rings is 1. The average Bonchev–Trinajstić information content (AvgIpc) is 2.36. The number of primary amides is 1. The second-order valence-corrected chi connectivity index (χ2v) is 5.47. The van der Waals surface area contributed by atoms with E-state index in [-0.39, 0.29) is 18.4 Å². The summed E-state index contributed by atoms with van der Waals surface area (Å²) in [5.41, 5.74) is 13.0. The van der Waals surface area contributed by atoms with Crippen LogP contribution in [0.1, 0.15) is 31.0 Å². The van der Waals surface area contributed by atoms with Crippen LogP contribution in [-0.4, -0.2) is 29.8 Å². The van der Waals surface area contributed by atoms with E-state index in [2.05, 4.69) is 0 Å². The fourth-order valence-corrected chi connectivity index (χ4v) is 1.97. The predicted octanol–water partition coefficient (Wildman–Crippen LogP) is 0.965. The van der Waals surface area contributed by atoms with Gasteiger partial charge in [-0.1, -0.05) is 43.7 Å². The Morgan fingerprint density at radius 3 is 2.20 bits per heavy atom. The van der Waals surface area contributed by atoms with Crippen LogP contribution in [0, 0.1) is 12.8 Å². The van der Waals surface area contributed by atoms with Gasteiger partial charge in [0.1, 0.15) is 6.04 Å². The summed E-state index contributed by atoms with van der Waals surface area (Å²) in [4.78, 5) is 24.9. The van der Waals surface area contributed by atoms with Crippen LogP contribution in [0.3, 0.4) is 0 Å². The first kappa shape index (κ1) is 16.2. The molecule has 0 spiro atoms. The molecule has 5 nitrogen and oxygen atoms in total. The molecule has 1 aromatic carbocycles. The minimum Gasteiger partial charge on any atom is -0.368 e. The van der Waals surface area contributed by atoms with Crippen LogP contribution in [-0.2, 0) is 9.59 Å². The van der Waals surface area contributed by atoms with Crippen molar-refractivity contribution < 1.29 is 9.59 Å². The molecule has 0 aliphatic heterocycles. The third-order valence-electron chi connectivity index (χ3n) is 2.95. The van der Waals surface area contributed by atoms with E-state index in [1.807, 2.05) is 45.0 Å². The molecule has 0 bridgehead atoms. The summed E-state index contributed by atoms with van der Waals surface area (Å²) in [6.07, 6.45) is 0. The van der Waals surface area contributed by atoms with Crippen LogP contribution in [0.25, 0.3) is 0 Å². The normalized spacial score (nSPS) is 12.2. The Hall–Kier alpha value is -1.88. The molecule has 0 aliphatic rings. The summed E-state index contributed by atoms with van der Waals surface area (Å²) in [5.74, 6) is -0.569. The van der Waals surface area contributed by atoms with Gasteiger partial charge in [-0.25, -0.2) is 0 Å². The van der Waals surface area contributed by atoms with Crippen molar-refractivity contribution in [2.75, 3.05) is 13.1 Å². The van der Waals surface area contributed by atoms with Crippen LogP contribution >= 0.6 is 0 Å². The van der Waals surface area contributed by atoms with Crippen molar-refractivity contribution in [3.8, 4) is 0 Å². The summed E-state index contributed by atoms with van der Waals surface area (Å²) in [5, 5.41) is 0. The highest BCUT2D eigenvalue weighted by molar-refractivity contribution is 5.87. The number of aryl methyl sites for hydroxylation is 1. The van der Waals surface area contributed by atoms with Gasteiger partial charge in [-0.3, -0.25) is 9.59 Å². The van der Waals surface area contributed by atoms with Crippen LogP contribution in [0.4, 0.5) is 0 Å². The van der Waals surface area contributed by atoms with E-state index in [0.29, 0.717) is 6.54 Å². The number of carbonyl (C=O) groups is 2. The van der Waals surface area contributed by atoms with Gasteiger partial charge < -0.3 is 16.4 Å². The summed E-state index contributed by atoms with van der Waals surface area (Å²) >= 11 is 0. The van der Waals surface area contributed by atoms with Crippen molar-refractivity contribution in [1.82, 2.24) is 4.90 Å². The van der Waals surface area contributed by atoms with Gasteiger partial charge in [-0.2, -0.15) is 0 Å². The Balaban J connectivity index is 2.87. The van der Waals surface area contributed by atoms with E-state index in [0.717, 1.165) is 11.1 Å². The number of nitrogens with two attached hydrogens (primary N) is 2. The van der Waals surface area contributed by atoms with Crippen molar-refractivity contribution in [2.45, 2.75) is 26.8 Å². The number of hydrogen-bond acceptors (Lipinski definition) is 3. The smallest absolute Gasteiger partial charge is 0.244 e. The maximum absolute atomic E-state index is 12.4. The third kappa shape index (κ3) is 4.66. The molecule has 1 aromatic rings. The quantitative estimate of drug-likeness (QED) is 0.811. The topological polar surface area (TPSA) is 89.4 Å². The molecular weight excluding hydrogens is 254 g/mol. The van der Waals surface area contributed by atoms with Crippen molar-refractivity contribution in [2.24, 2.45) is 17.4 Å². The van der Waals surface area contributed by atoms with Crippen molar-refractivity contribution in [3.63, 3.8) is 0 Å². The van der Waals surface area contributed by atoms with E-state index in [4.69, 9.17) is 11.5 Å². The zero-order chi connectivity index (χ0) is 15.3. The number of nitrogens with zero attached hydrogens (tertiary/aromatic N) is 1. The number of amides is 2. The van der Waals surface area contributed by atoms with Gasteiger partial charge in [-0.15, -0.1) is 0 Å². The molecule has 0 aliphatic carbocycles. The predicted molar refractivity (Wildman–Crippen MR) is 78.7 cm³/mol. The monoisotopic (exact) mass is 277 g/mol. The summed E-state index contributed by atoms with van der Waals surface area (Å²) in [7, 11) is 0. The minimum absolute atomic E-state index is 0.101. The van der Waals surface area contributed by atoms with Gasteiger partial charge in [0.2, 0.25) is 11.8 Å². The molecule has 110 valence electrons. The lowest BCUT2D eigenvalue weighted by atomic mass is 10.0. The van der Waals surface area contributed by atoms with Crippen LogP contribution in [0.15, 0.2) is 24.3 Å². The zero-order valence-electron chi connectivity index (χ0n) is 12.3. The molecule has 20 heavy (non-hydrogen) atoms. The Bertz CT molecular complexity index is 469. The second kappa shape index (κ2) is 7.05. The lowest BCUT2D eigenvalue weighted by molar-refractivity contribution is -0.137. The SMILES string of the molecule is Cc1ccc(C(N)C(=O)N(CC(N)=O)CC(C)C)cc1. The number of hydrogen-bond donors (Lipinski definition) is 2. The van der Waals surface area contributed by atoms with E-state index in [1.54, 1.807) is 0 Å². The Kier molecular flexibility index (Phi) is 5.70. The Labute approximate surface area is 119 Å². The lowest BCUT2D eigenvalue weighted by Gasteiger charge is -2.26. The van der Waals surface area contributed by atoms with E-state index < -0.39 is 11.9 Å². The molecule has 0 aromatic heterocycles. The third-order valence-corrected chi connectivity index (χ3v) is 2.95. The zero-order valence-corrected chi connectivity index (χ0v) is 12.3. The molecule has 4 N–H and O–H groups in total. The van der Waals surface area contributed by atoms with E-state index in [9.17, 15) is 9.59 Å². The van der Waals surface area contributed by atoms with Crippen molar-refractivity contribution in [3.05, 3.63) is 35.4 Å². The molecule has 0 saturated heterocycles. The number of rotatable bonds is 6. The molecule has 0 radical (unpaired) electrons. The first-order valence-corrected chi connectivity index (χ1v) is 6.70. The van der Waals surface area contributed by atoms with Crippen LogP contribution in [0.5, 0.6) is 0 Å². The fraction of sp³-hybridized carbons (Fsp3) is 0.467. The summed E-state index contributed by atoms with van der Waals surface area (Å²) < 4.78 is 0. The van der Waals surface area contributed by atoms with Crippen LogP contribution < -0.4 is 11.5 Å². The Morgan fingerprint density at radius 2 is 1.75 bits per heavy atom. The molecule has 0 heterocycles. The molecule has 0 saturated carbocycles. The minimum atomic E-state index is -0.770. The second-order valence-electron chi connectivity index (χ2n) is 5.47. The molecule has 1 atom stereocenters. The van der Waals surface area contributed by atoms with E-state index in [1.165, 1.54) is 4.90 Å². The summed E-state index contributed by atoms with van der Waals surface area (Å²) in [6, 6.07) is 6.70. The first-order chi connectivity index (χ1) is 9.31. The van der Waals surface area contributed by atoms with Gasteiger partial charge in [-0.05, 0) is 18.4 Å². The highest BCUT2D eigenvalue weighted by Crippen LogP contribution is 2.15. The lowest BCUT2D eigenvalue weighted by Crippen LogP contribution is -2.44. The van der Waals surface area contributed by atoms with Crippen molar-refractivity contribution in [1.29, 1.82) is 0 Å². The standard InChI is InChI=1S/C15H23N3O2/c1-10(2)8-18(9-13(16)19)15(20)14(17)12-6-4-11(3)5-7-12/h4-7,10,14H,8-9,17H2,1-3H3,(H2,16,19). The molecule has 5 heteroatoms. The highest BCUT2D eigenvalue weighted by Gasteiger charge is 2.24. The van der Waals surface area contributed by atoms with Crippen molar-refractivity contribution >= 4 is 11.8 Å². The molecular formula is C15H23N3O2. The molecule has 1 unspecified atom stereocenters. The van der Waals surface area contributed by atoms with Gasteiger partial charge in [0.15, 0.2) is 0 Å². The highest BCUT2D eigenvalue weighted by atomic mass is 16.2.